The number of methoxy groups -OCH3 is 1. The number of amides is 1. The summed E-state index contributed by atoms with van der Waals surface area (Å²) in [4.78, 5) is 13.5. The predicted molar refractivity (Wildman–Crippen MR) is 91.9 cm³/mol. The third-order valence-electron chi connectivity index (χ3n) is 4.30. The molecule has 1 aliphatic heterocycles. The molecule has 1 aliphatic rings. The number of carbonyl (C=O) groups excluding carboxylic acids is 1. The minimum atomic E-state index is -3.33. The van der Waals surface area contributed by atoms with Gasteiger partial charge in [-0.2, -0.15) is 4.31 Å². The zero-order valence-electron chi connectivity index (χ0n) is 14.2. The zero-order chi connectivity index (χ0) is 17.6. The lowest BCUT2D eigenvalue weighted by Crippen LogP contribution is -3.14. The largest absolute Gasteiger partial charge is 0.497 e. The van der Waals surface area contributed by atoms with Gasteiger partial charge in [-0.15, -0.1) is 0 Å². The molecule has 2 rings (SSSR count). The Bertz CT molecular complexity index is 655. The molecule has 7 nitrogen and oxygen atoms in total. The van der Waals surface area contributed by atoms with Crippen molar-refractivity contribution in [1.82, 2.24) is 9.62 Å². The summed E-state index contributed by atoms with van der Waals surface area (Å²) in [6.45, 7) is 6.00. The summed E-state index contributed by atoms with van der Waals surface area (Å²) in [5.74, 6) is 0.209. The van der Waals surface area contributed by atoms with Crippen molar-refractivity contribution in [2.45, 2.75) is 6.92 Å². The summed E-state index contributed by atoms with van der Waals surface area (Å²) < 4.78 is 31.3. The van der Waals surface area contributed by atoms with Crippen molar-refractivity contribution in [1.29, 1.82) is 0 Å². The third-order valence-corrected chi connectivity index (χ3v) is 6.17. The lowest BCUT2D eigenvalue weighted by molar-refractivity contribution is -0.901. The third kappa shape index (κ3) is 4.93. The minimum absolute atomic E-state index is 0.0792. The van der Waals surface area contributed by atoms with Gasteiger partial charge in [0.05, 0.1) is 45.6 Å². The second-order valence-electron chi connectivity index (χ2n) is 5.81. The number of sulfonamides is 1. The number of benzene rings is 1. The molecule has 8 heteroatoms. The van der Waals surface area contributed by atoms with Crippen LogP contribution in [0.1, 0.15) is 17.3 Å². The molecule has 1 amide bonds. The van der Waals surface area contributed by atoms with E-state index in [1.165, 1.54) is 16.3 Å². The van der Waals surface area contributed by atoms with Gasteiger partial charge in [-0.05, 0) is 25.1 Å². The first-order chi connectivity index (χ1) is 11.5. The second kappa shape index (κ2) is 8.46. The van der Waals surface area contributed by atoms with Crippen LogP contribution in [0.4, 0.5) is 0 Å². The average Bonchev–Trinajstić information content (AvgIpc) is 2.61. The van der Waals surface area contributed by atoms with Crippen molar-refractivity contribution in [3.05, 3.63) is 29.8 Å². The van der Waals surface area contributed by atoms with E-state index in [2.05, 4.69) is 12.2 Å². The molecule has 0 aliphatic carbocycles. The fourth-order valence-electron chi connectivity index (χ4n) is 2.72. The van der Waals surface area contributed by atoms with E-state index >= 15 is 0 Å². The molecule has 2 N–H and O–H groups in total. The van der Waals surface area contributed by atoms with E-state index in [0.717, 1.165) is 19.6 Å². The van der Waals surface area contributed by atoms with Crippen LogP contribution in [0, 0.1) is 0 Å². The van der Waals surface area contributed by atoms with E-state index < -0.39 is 10.0 Å². The fourth-order valence-corrected chi connectivity index (χ4v) is 4.08. The van der Waals surface area contributed by atoms with E-state index in [9.17, 15) is 13.2 Å². The summed E-state index contributed by atoms with van der Waals surface area (Å²) >= 11 is 0. The molecule has 0 saturated carbocycles. The molecule has 0 atom stereocenters. The molecule has 1 aromatic rings. The molecular weight excluding hydrogens is 330 g/mol. The number of nitrogens with zero attached hydrogens (tertiary/aromatic N) is 1. The van der Waals surface area contributed by atoms with Crippen molar-refractivity contribution in [3.63, 3.8) is 0 Å². The summed E-state index contributed by atoms with van der Waals surface area (Å²) in [6.07, 6.45) is 0. The van der Waals surface area contributed by atoms with Crippen LogP contribution in [-0.2, 0) is 10.0 Å². The van der Waals surface area contributed by atoms with Crippen LogP contribution in [-0.4, -0.2) is 70.8 Å². The predicted octanol–water partition coefficient (Wildman–Crippen LogP) is -1.02. The maximum Gasteiger partial charge on any atom is 0.251 e. The molecule has 1 aromatic carbocycles. The lowest BCUT2D eigenvalue weighted by atomic mass is 10.2. The first-order valence-electron chi connectivity index (χ1n) is 8.20. The Morgan fingerprint density at radius 2 is 2.04 bits per heavy atom. The number of rotatable bonds is 7. The molecule has 1 heterocycles. The van der Waals surface area contributed by atoms with Gasteiger partial charge in [-0.25, -0.2) is 8.42 Å². The van der Waals surface area contributed by atoms with E-state index in [-0.39, 0.29) is 18.2 Å². The van der Waals surface area contributed by atoms with Gasteiger partial charge < -0.3 is 15.0 Å². The van der Waals surface area contributed by atoms with Gasteiger partial charge in [0.1, 0.15) is 5.75 Å². The van der Waals surface area contributed by atoms with E-state index in [1.54, 1.807) is 24.3 Å². The standard InChI is InChI=1S/C16H25N3O4S/c1-3-18-8-10-19(11-9-18)24(21,22)12-7-17-16(20)14-5-4-6-15(13-14)23-2/h4-6,13H,3,7-12H2,1-2H3,(H,17,20)/p+1. The summed E-state index contributed by atoms with van der Waals surface area (Å²) in [7, 11) is -1.79. The molecule has 1 saturated heterocycles. The van der Waals surface area contributed by atoms with Crippen molar-refractivity contribution in [2.24, 2.45) is 0 Å². The SMILES string of the molecule is CC[NH+]1CCN(S(=O)(=O)CCNC(=O)c2cccc(OC)c2)CC1. The first-order valence-corrected chi connectivity index (χ1v) is 9.81. The number of piperazine rings is 1. The van der Waals surface area contributed by atoms with Gasteiger partial charge in [0.15, 0.2) is 0 Å². The highest BCUT2D eigenvalue weighted by Gasteiger charge is 2.28. The molecule has 0 radical (unpaired) electrons. The van der Waals surface area contributed by atoms with Crippen LogP contribution < -0.4 is 15.0 Å². The number of ether oxygens (including phenoxy) is 1. The van der Waals surface area contributed by atoms with Crippen LogP contribution in [0.2, 0.25) is 0 Å². The Morgan fingerprint density at radius 1 is 1.33 bits per heavy atom. The van der Waals surface area contributed by atoms with E-state index in [0.29, 0.717) is 24.4 Å². The number of hydrogen-bond donors (Lipinski definition) is 2. The molecule has 0 unspecified atom stereocenters. The smallest absolute Gasteiger partial charge is 0.251 e. The maximum atomic E-state index is 12.3. The molecule has 134 valence electrons. The lowest BCUT2D eigenvalue weighted by Gasteiger charge is -2.30. The Hall–Kier alpha value is -1.64. The zero-order valence-corrected chi connectivity index (χ0v) is 15.1. The van der Waals surface area contributed by atoms with E-state index in [4.69, 9.17) is 4.74 Å². The van der Waals surface area contributed by atoms with Gasteiger partial charge in [-0.1, -0.05) is 6.07 Å². The van der Waals surface area contributed by atoms with Crippen LogP contribution in [0.5, 0.6) is 5.75 Å². The molecule has 0 bridgehead atoms. The van der Waals surface area contributed by atoms with Crippen LogP contribution >= 0.6 is 0 Å². The highest BCUT2D eigenvalue weighted by atomic mass is 32.2. The summed E-state index contributed by atoms with van der Waals surface area (Å²) in [5.41, 5.74) is 0.451. The Morgan fingerprint density at radius 3 is 2.67 bits per heavy atom. The van der Waals surface area contributed by atoms with Crippen molar-refractivity contribution < 1.29 is 22.8 Å². The number of hydrogen-bond acceptors (Lipinski definition) is 4. The normalized spacial score (nSPS) is 16.8. The molecule has 0 aromatic heterocycles. The van der Waals surface area contributed by atoms with Gasteiger partial charge in [0.2, 0.25) is 10.0 Å². The van der Waals surface area contributed by atoms with Gasteiger partial charge in [-0.3, -0.25) is 4.79 Å². The Kier molecular flexibility index (Phi) is 6.59. The average molecular weight is 356 g/mol. The highest BCUT2D eigenvalue weighted by molar-refractivity contribution is 7.89. The fraction of sp³-hybridized carbons (Fsp3) is 0.562. The first kappa shape index (κ1) is 18.7. The second-order valence-corrected chi connectivity index (χ2v) is 7.89. The van der Waals surface area contributed by atoms with Crippen LogP contribution in [0.3, 0.4) is 0 Å². The quantitative estimate of drug-likeness (QED) is 0.655. The number of quaternary nitrogens is 1. The number of carbonyl (C=O) groups is 1. The Labute approximate surface area is 143 Å². The summed E-state index contributed by atoms with van der Waals surface area (Å²) in [5, 5.41) is 2.66. The van der Waals surface area contributed by atoms with Gasteiger partial charge in [0.25, 0.3) is 5.91 Å². The Balaban J connectivity index is 1.83. The number of nitrogens with one attached hydrogen (secondary N) is 2. The monoisotopic (exact) mass is 356 g/mol. The molecular formula is C16H26N3O4S+. The molecule has 0 spiro atoms. The van der Waals surface area contributed by atoms with Crippen LogP contribution in [0.15, 0.2) is 24.3 Å². The molecule has 1 fully saturated rings. The number of likely N-dealkylation sites (N-methyl/N-ethyl adjacent to an activating group) is 1. The topological polar surface area (TPSA) is 80.2 Å². The maximum absolute atomic E-state index is 12.3. The highest BCUT2D eigenvalue weighted by Crippen LogP contribution is 2.12. The van der Waals surface area contributed by atoms with Crippen molar-refractivity contribution in [3.8, 4) is 5.75 Å². The van der Waals surface area contributed by atoms with Gasteiger partial charge in [0, 0.05) is 12.1 Å². The molecule has 24 heavy (non-hydrogen) atoms. The van der Waals surface area contributed by atoms with Gasteiger partial charge >= 0.3 is 0 Å². The van der Waals surface area contributed by atoms with Crippen molar-refractivity contribution >= 4 is 15.9 Å². The summed E-state index contributed by atoms with van der Waals surface area (Å²) in [6, 6.07) is 6.76. The van der Waals surface area contributed by atoms with Crippen LogP contribution in [0.25, 0.3) is 0 Å². The minimum Gasteiger partial charge on any atom is -0.497 e. The van der Waals surface area contributed by atoms with Crippen molar-refractivity contribution in [2.75, 3.05) is 52.1 Å². The van der Waals surface area contributed by atoms with E-state index in [1.807, 2.05) is 0 Å².